The maximum Gasteiger partial charge on any atom is 0.225 e. The number of rotatable bonds is 3. The quantitative estimate of drug-likeness (QED) is 0.804. The molecule has 3 fully saturated rings. The first-order chi connectivity index (χ1) is 10.0. The summed E-state index contributed by atoms with van der Waals surface area (Å²) in [4.78, 5) is 39.1. The van der Waals surface area contributed by atoms with E-state index >= 15 is 0 Å². The van der Waals surface area contributed by atoms with Crippen molar-refractivity contribution in [3.63, 3.8) is 0 Å². The van der Waals surface area contributed by atoms with Gasteiger partial charge in [0.15, 0.2) is 0 Å². The topological polar surface area (TPSA) is 69.7 Å². The first-order valence-corrected chi connectivity index (χ1v) is 7.90. The van der Waals surface area contributed by atoms with Gasteiger partial charge >= 0.3 is 0 Å². The van der Waals surface area contributed by atoms with Crippen LogP contribution >= 0.6 is 0 Å². The molecule has 6 nitrogen and oxygen atoms in total. The van der Waals surface area contributed by atoms with Crippen LogP contribution in [0, 0.1) is 5.92 Å². The zero-order valence-corrected chi connectivity index (χ0v) is 12.5. The third-order valence-electron chi connectivity index (χ3n) is 4.80. The Morgan fingerprint density at radius 3 is 2.38 bits per heavy atom. The smallest absolute Gasteiger partial charge is 0.225 e. The highest BCUT2D eigenvalue weighted by Crippen LogP contribution is 2.30. The zero-order valence-electron chi connectivity index (χ0n) is 12.5. The van der Waals surface area contributed by atoms with Crippen LogP contribution in [0.5, 0.6) is 0 Å². The van der Waals surface area contributed by atoms with Crippen molar-refractivity contribution in [2.24, 2.45) is 5.92 Å². The molecule has 1 atom stereocenters. The van der Waals surface area contributed by atoms with Crippen LogP contribution in [0.25, 0.3) is 0 Å². The Kier molecular flexibility index (Phi) is 3.87. The molecule has 6 heteroatoms. The lowest BCUT2D eigenvalue weighted by molar-refractivity contribution is -0.134. The maximum atomic E-state index is 12.3. The summed E-state index contributed by atoms with van der Waals surface area (Å²) in [6.07, 6.45) is 4.09. The third kappa shape index (κ3) is 3.19. The standard InChI is InChI=1S/C15H23N3O3/c1-10(19)17-6-4-11(5-7-17)15(21)16-12-8-14(20)18(9-12)13-2-3-13/h11-13H,2-9H2,1H3,(H,16,21). The molecule has 116 valence electrons. The van der Waals surface area contributed by atoms with Gasteiger partial charge in [-0.1, -0.05) is 0 Å². The van der Waals surface area contributed by atoms with Crippen molar-refractivity contribution in [3.05, 3.63) is 0 Å². The fourth-order valence-electron chi connectivity index (χ4n) is 3.34. The van der Waals surface area contributed by atoms with E-state index in [-0.39, 0.29) is 29.7 Å². The normalized spacial score (nSPS) is 27.1. The maximum absolute atomic E-state index is 12.3. The molecule has 0 aromatic rings. The summed E-state index contributed by atoms with van der Waals surface area (Å²) in [5, 5.41) is 3.03. The van der Waals surface area contributed by atoms with E-state index in [1.54, 1.807) is 11.8 Å². The van der Waals surface area contributed by atoms with Gasteiger partial charge in [-0.25, -0.2) is 0 Å². The van der Waals surface area contributed by atoms with Crippen LogP contribution < -0.4 is 5.32 Å². The highest BCUT2D eigenvalue weighted by molar-refractivity contribution is 5.84. The predicted molar refractivity (Wildman–Crippen MR) is 76.3 cm³/mol. The Balaban J connectivity index is 1.46. The molecular formula is C15H23N3O3. The molecule has 2 heterocycles. The molecule has 1 unspecified atom stereocenters. The van der Waals surface area contributed by atoms with Crippen molar-refractivity contribution in [2.45, 2.75) is 51.1 Å². The second-order valence-corrected chi connectivity index (χ2v) is 6.47. The lowest BCUT2D eigenvalue weighted by Gasteiger charge is -2.31. The van der Waals surface area contributed by atoms with Gasteiger partial charge in [0.05, 0.1) is 6.04 Å². The van der Waals surface area contributed by atoms with E-state index in [9.17, 15) is 14.4 Å². The van der Waals surface area contributed by atoms with Gasteiger partial charge < -0.3 is 15.1 Å². The van der Waals surface area contributed by atoms with Crippen LogP contribution in [0.15, 0.2) is 0 Å². The van der Waals surface area contributed by atoms with Crippen molar-refractivity contribution < 1.29 is 14.4 Å². The van der Waals surface area contributed by atoms with Gasteiger partial charge in [0.1, 0.15) is 0 Å². The minimum atomic E-state index is -0.0311. The molecule has 2 aliphatic heterocycles. The molecule has 3 rings (SSSR count). The Hall–Kier alpha value is -1.59. The molecular weight excluding hydrogens is 270 g/mol. The summed E-state index contributed by atoms with van der Waals surface area (Å²) in [7, 11) is 0. The zero-order chi connectivity index (χ0) is 15.0. The number of carbonyl (C=O) groups is 3. The number of carbonyl (C=O) groups excluding carboxylic acids is 3. The Morgan fingerprint density at radius 2 is 1.81 bits per heavy atom. The number of piperidine rings is 1. The van der Waals surface area contributed by atoms with E-state index in [1.165, 1.54) is 0 Å². The highest BCUT2D eigenvalue weighted by Gasteiger charge is 2.40. The molecule has 3 amide bonds. The minimum absolute atomic E-state index is 0.0225. The summed E-state index contributed by atoms with van der Waals surface area (Å²) in [6.45, 7) is 3.55. The first kappa shape index (κ1) is 14.4. The number of hydrogen-bond donors (Lipinski definition) is 1. The molecule has 0 aromatic heterocycles. The van der Waals surface area contributed by atoms with Crippen molar-refractivity contribution in [2.75, 3.05) is 19.6 Å². The average molecular weight is 293 g/mol. The second kappa shape index (κ2) is 5.66. The van der Waals surface area contributed by atoms with E-state index in [1.807, 2.05) is 4.90 Å². The van der Waals surface area contributed by atoms with Gasteiger partial charge in [0.2, 0.25) is 17.7 Å². The van der Waals surface area contributed by atoms with Crippen LogP contribution in [0.4, 0.5) is 0 Å². The molecule has 0 radical (unpaired) electrons. The molecule has 1 N–H and O–H groups in total. The molecule has 1 aliphatic carbocycles. The number of hydrogen-bond acceptors (Lipinski definition) is 3. The second-order valence-electron chi connectivity index (χ2n) is 6.47. The average Bonchev–Trinajstić information content (AvgIpc) is 3.23. The van der Waals surface area contributed by atoms with Crippen LogP contribution in [-0.2, 0) is 14.4 Å². The van der Waals surface area contributed by atoms with E-state index in [4.69, 9.17) is 0 Å². The summed E-state index contributed by atoms with van der Waals surface area (Å²) >= 11 is 0. The van der Waals surface area contributed by atoms with E-state index in [0.29, 0.717) is 32.1 Å². The number of nitrogens with one attached hydrogen (secondary N) is 1. The predicted octanol–water partition coefficient (Wildman–Crippen LogP) is 0.124. The SMILES string of the molecule is CC(=O)N1CCC(C(=O)NC2CC(=O)N(C3CC3)C2)CC1. The summed E-state index contributed by atoms with van der Waals surface area (Å²) in [5.74, 6) is 0.281. The van der Waals surface area contributed by atoms with Crippen molar-refractivity contribution in [3.8, 4) is 0 Å². The van der Waals surface area contributed by atoms with E-state index in [0.717, 1.165) is 25.7 Å². The van der Waals surface area contributed by atoms with E-state index < -0.39 is 0 Å². The van der Waals surface area contributed by atoms with Crippen molar-refractivity contribution >= 4 is 17.7 Å². The molecule has 0 aromatic carbocycles. The molecule has 0 bridgehead atoms. The summed E-state index contributed by atoms with van der Waals surface area (Å²) in [5.41, 5.74) is 0. The Bertz CT molecular complexity index is 453. The number of amides is 3. The highest BCUT2D eigenvalue weighted by atomic mass is 16.2. The Labute approximate surface area is 124 Å². The van der Waals surface area contributed by atoms with Gasteiger partial charge in [-0.3, -0.25) is 14.4 Å². The van der Waals surface area contributed by atoms with Crippen LogP contribution in [0.1, 0.15) is 39.0 Å². The van der Waals surface area contributed by atoms with Crippen LogP contribution in [0.3, 0.4) is 0 Å². The lowest BCUT2D eigenvalue weighted by atomic mass is 9.95. The molecule has 2 saturated heterocycles. The van der Waals surface area contributed by atoms with Crippen LogP contribution in [0.2, 0.25) is 0 Å². The molecule has 1 saturated carbocycles. The molecule has 3 aliphatic rings. The van der Waals surface area contributed by atoms with E-state index in [2.05, 4.69) is 5.32 Å². The van der Waals surface area contributed by atoms with Crippen molar-refractivity contribution in [1.29, 1.82) is 0 Å². The summed E-state index contributed by atoms with van der Waals surface area (Å²) in [6, 6.07) is 0.398. The van der Waals surface area contributed by atoms with Gasteiger partial charge in [-0.15, -0.1) is 0 Å². The molecule has 0 spiro atoms. The molecule has 21 heavy (non-hydrogen) atoms. The van der Waals surface area contributed by atoms with Gasteiger partial charge in [0.25, 0.3) is 0 Å². The summed E-state index contributed by atoms with van der Waals surface area (Å²) < 4.78 is 0. The van der Waals surface area contributed by atoms with Crippen LogP contribution in [-0.4, -0.2) is 59.2 Å². The van der Waals surface area contributed by atoms with Crippen molar-refractivity contribution in [1.82, 2.24) is 15.1 Å². The lowest BCUT2D eigenvalue weighted by Crippen LogP contribution is -2.45. The fraction of sp³-hybridized carbons (Fsp3) is 0.800. The van der Waals surface area contributed by atoms with Gasteiger partial charge in [-0.2, -0.15) is 0 Å². The minimum Gasteiger partial charge on any atom is -0.351 e. The van der Waals surface area contributed by atoms with Gasteiger partial charge in [0, 0.05) is 44.9 Å². The fourth-order valence-corrected chi connectivity index (χ4v) is 3.34. The Morgan fingerprint density at radius 1 is 1.14 bits per heavy atom. The monoisotopic (exact) mass is 293 g/mol. The number of nitrogens with zero attached hydrogens (tertiary/aromatic N) is 2. The first-order valence-electron chi connectivity index (χ1n) is 7.90. The number of likely N-dealkylation sites (tertiary alicyclic amines) is 2. The third-order valence-corrected chi connectivity index (χ3v) is 4.80. The van der Waals surface area contributed by atoms with Gasteiger partial charge in [-0.05, 0) is 25.7 Å². The largest absolute Gasteiger partial charge is 0.351 e.